The maximum absolute atomic E-state index is 12.4. The van der Waals surface area contributed by atoms with Gasteiger partial charge in [0.05, 0.1) is 18.8 Å². The Balaban J connectivity index is 1.53. The molecule has 0 aromatic carbocycles. The molecule has 136 valence electrons. The Bertz CT molecular complexity index is 664. The molecular formula is C19H27N3O2S. The van der Waals surface area contributed by atoms with Crippen molar-refractivity contribution in [3.8, 4) is 0 Å². The van der Waals surface area contributed by atoms with E-state index in [1.54, 1.807) is 6.26 Å². The lowest BCUT2D eigenvalue weighted by atomic mass is 10.1. The molecule has 1 atom stereocenters. The van der Waals surface area contributed by atoms with Gasteiger partial charge in [-0.2, -0.15) is 0 Å². The van der Waals surface area contributed by atoms with E-state index in [1.807, 2.05) is 23.5 Å². The van der Waals surface area contributed by atoms with Gasteiger partial charge in [0.15, 0.2) is 0 Å². The molecule has 0 spiro atoms. The molecule has 0 bridgehead atoms. The average Bonchev–Trinajstić information content (AvgIpc) is 3.29. The van der Waals surface area contributed by atoms with Crippen LogP contribution in [0.15, 0.2) is 34.3 Å². The number of amides is 1. The van der Waals surface area contributed by atoms with Gasteiger partial charge in [-0.3, -0.25) is 14.6 Å². The Morgan fingerprint density at radius 3 is 2.96 bits per heavy atom. The molecule has 2 aromatic heterocycles. The number of rotatable bonds is 8. The van der Waals surface area contributed by atoms with Gasteiger partial charge in [-0.25, -0.2) is 0 Å². The topological polar surface area (TPSA) is 48.7 Å². The summed E-state index contributed by atoms with van der Waals surface area (Å²) in [5.74, 6) is 0.993. The van der Waals surface area contributed by atoms with E-state index >= 15 is 0 Å². The lowest BCUT2D eigenvalue weighted by Crippen LogP contribution is -2.43. The molecule has 1 aliphatic heterocycles. The van der Waals surface area contributed by atoms with Crippen molar-refractivity contribution in [3.05, 3.63) is 46.0 Å². The molecular weight excluding hydrogens is 334 g/mol. The zero-order valence-electron chi connectivity index (χ0n) is 15.0. The van der Waals surface area contributed by atoms with E-state index in [2.05, 4.69) is 40.4 Å². The third-order valence-electron chi connectivity index (χ3n) is 4.87. The molecule has 1 unspecified atom stereocenters. The van der Waals surface area contributed by atoms with Crippen molar-refractivity contribution in [2.75, 3.05) is 32.7 Å². The number of carbonyl (C=O) groups is 1. The SMILES string of the molecule is CCN(CC)C(CNC(=O)CN1CCc2sccc2C1)c1ccco1. The van der Waals surface area contributed by atoms with Crippen molar-refractivity contribution in [3.63, 3.8) is 0 Å². The van der Waals surface area contributed by atoms with Crippen LogP contribution in [-0.2, 0) is 17.8 Å². The monoisotopic (exact) mass is 361 g/mol. The summed E-state index contributed by atoms with van der Waals surface area (Å²) in [5.41, 5.74) is 1.38. The molecule has 3 heterocycles. The van der Waals surface area contributed by atoms with E-state index in [-0.39, 0.29) is 11.9 Å². The number of nitrogens with zero attached hydrogens (tertiary/aromatic N) is 2. The summed E-state index contributed by atoms with van der Waals surface area (Å²) in [6.07, 6.45) is 2.74. The van der Waals surface area contributed by atoms with E-state index in [0.717, 1.165) is 38.4 Å². The first-order valence-electron chi connectivity index (χ1n) is 9.03. The molecule has 1 aliphatic rings. The van der Waals surface area contributed by atoms with E-state index in [0.29, 0.717) is 13.1 Å². The molecule has 0 radical (unpaired) electrons. The number of carbonyl (C=O) groups excluding carboxylic acids is 1. The second-order valence-corrected chi connectivity index (χ2v) is 7.39. The van der Waals surface area contributed by atoms with Crippen LogP contribution in [0.5, 0.6) is 0 Å². The fourth-order valence-corrected chi connectivity index (χ4v) is 4.36. The average molecular weight is 362 g/mol. The molecule has 5 nitrogen and oxygen atoms in total. The van der Waals surface area contributed by atoms with Crippen LogP contribution >= 0.6 is 11.3 Å². The maximum Gasteiger partial charge on any atom is 0.234 e. The molecule has 2 aromatic rings. The maximum atomic E-state index is 12.4. The Kier molecular flexibility index (Phi) is 6.29. The highest BCUT2D eigenvalue weighted by Crippen LogP contribution is 2.24. The third-order valence-corrected chi connectivity index (χ3v) is 5.89. The molecule has 0 aliphatic carbocycles. The van der Waals surface area contributed by atoms with Crippen molar-refractivity contribution >= 4 is 17.2 Å². The standard InChI is InChI=1S/C19H27N3O2S/c1-3-22(4-2)16(17-6-5-10-24-17)12-20-19(23)14-21-9-7-18-15(13-21)8-11-25-18/h5-6,8,10-11,16H,3-4,7,9,12-14H2,1-2H3,(H,20,23). The van der Waals surface area contributed by atoms with Gasteiger partial charge >= 0.3 is 0 Å². The Morgan fingerprint density at radius 2 is 2.24 bits per heavy atom. The van der Waals surface area contributed by atoms with Crippen LogP contribution in [0.4, 0.5) is 0 Å². The minimum atomic E-state index is 0.0822. The van der Waals surface area contributed by atoms with E-state index in [9.17, 15) is 4.79 Å². The molecule has 0 saturated heterocycles. The highest BCUT2D eigenvalue weighted by atomic mass is 32.1. The number of fused-ring (bicyclic) bond motifs is 1. The zero-order valence-corrected chi connectivity index (χ0v) is 15.8. The molecule has 0 fully saturated rings. The van der Waals surface area contributed by atoms with Gasteiger partial charge in [0.2, 0.25) is 5.91 Å². The van der Waals surface area contributed by atoms with Gasteiger partial charge in [0, 0.05) is 24.5 Å². The summed E-state index contributed by atoms with van der Waals surface area (Å²) in [5, 5.41) is 5.25. The summed E-state index contributed by atoms with van der Waals surface area (Å²) >= 11 is 1.82. The minimum absolute atomic E-state index is 0.0822. The largest absolute Gasteiger partial charge is 0.468 e. The van der Waals surface area contributed by atoms with Crippen LogP contribution in [0.3, 0.4) is 0 Å². The molecule has 0 saturated carbocycles. The highest BCUT2D eigenvalue weighted by Gasteiger charge is 2.23. The highest BCUT2D eigenvalue weighted by molar-refractivity contribution is 7.10. The smallest absolute Gasteiger partial charge is 0.234 e. The Hall–Kier alpha value is -1.63. The molecule has 6 heteroatoms. The van der Waals surface area contributed by atoms with Crippen LogP contribution < -0.4 is 5.32 Å². The Labute approximate surface area is 153 Å². The quantitative estimate of drug-likeness (QED) is 0.785. The van der Waals surface area contributed by atoms with Crippen LogP contribution in [0.1, 0.15) is 36.1 Å². The minimum Gasteiger partial charge on any atom is -0.468 e. The van der Waals surface area contributed by atoms with Gasteiger partial charge in [-0.15, -0.1) is 11.3 Å². The molecule has 1 N–H and O–H groups in total. The first kappa shape index (κ1) is 18.2. The summed E-state index contributed by atoms with van der Waals surface area (Å²) in [4.78, 5) is 18.4. The number of thiophene rings is 1. The van der Waals surface area contributed by atoms with Crippen LogP contribution in [0, 0.1) is 0 Å². The van der Waals surface area contributed by atoms with Crippen LogP contribution in [-0.4, -0.2) is 48.4 Å². The van der Waals surface area contributed by atoms with Gasteiger partial charge < -0.3 is 9.73 Å². The number of furan rings is 1. The van der Waals surface area contributed by atoms with Crippen LogP contribution in [0.2, 0.25) is 0 Å². The van der Waals surface area contributed by atoms with Crippen molar-refractivity contribution in [1.29, 1.82) is 0 Å². The molecule has 25 heavy (non-hydrogen) atoms. The van der Waals surface area contributed by atoms with Crippen LogP contribution in [0.25, 0.3) is 0 Å². The molecule has 3 rings (SSSR count). The first-order chi connectivity index (χ1) is 12.2. The van der Waals surface area contributed by atoms with E-state index in [1.165, 1.54) is 10.4 Å². The van der Waals surface area contributed by atoms with Crippen molar-refractivity contribution in [2.45, 2.75) is 32.9 Å². The number of hydrogen-bond acceptors (Lipinski definition) is 5. The lowest BCUT2D eigenvalue weighted by molar-refractivity contribution is -0.122. The number of likely N-dealkylation sites (N-methyl/N-ethyl adjacent to an activating group) is 1. The second kappa shape index (κ2) is 8.65. The van der Waals surface area contributed by atoms with E-state index < -0.39 is 0 Å². The fraction of sp³-hybridized carbons (Fsp3) is 0.526. The third kappa shape index (κ3) is 4.51. The zero-order chi connectivity index (χ0) is 17.6. The molecule has 1 amide bonds. The van der Waals surface area contributed by atoms with Gasteiger partial charge in [-0.05, 0) is 48.7 Å². The second-order valence-electron chi connectivity index (χ2n) is 6.39. The summed E-state index contributed by atoms with van der Waals surface area (Å²) in [6.45, 7) is 8.98. The van der Waals surface area contributed by atoms with Crippen molar-refractivity contribution in [2.24, 2.45) is 0 Å². The Morgan fingerprint density at radius 1 is 1.40 bits per heavy atom. The summed E-state index contributed by atoms with van der Waals surface area (Å²) in [6, 6.07) is 6.15. The first-order valence-corrected chi connectivity index (χ1v) is 9.91. The lowest BCUT2D eigenvalue weighted by Gasteiger charge is -2.29. The summed E-state index contributed by atoms with van der Waals surface area (Å²) < 4.78 is 5.59. The van der Waals surface area contributed by atoms with Gasteiger partial charge in [0.25, 0.3) is 0 Å². The summed E-state index contributed by atoms with van der Waals surface area (Å²) in [7, 11) is 0. The predicted molar refractivity (Wildman–Crippen MR) is 101 cm³/mol. The fourth-order valence-electron chi connectivity index (χ4n) is 3.47. The van der Waals surface area contributed by atoms with Crippen molar-refractivity contribution in [1.82, 2.24) is 15.1 Å². The number of hydrogen-bond donors (Lipinski definition) is 1. The van der Waals surface area contributed by atoms with E-state index in [4.69, 9.17) is 4.42 Å². The van der Waals surface area contributed by atoms with Gasteiger partial charge in [0.1, 0.15) is 5.76 Å². The number of nitrogens with one attached hydrogen (secondary N) is 1. The normalized spacial score (nSPS) is 16.0. The predicted octanol–water partition coefficient (Wildman–Crippen LogP) is 2.90. The van der Waals surface area contributed by atoms with Crippen molar-refractivity contribution < 1.29 is 9.21 Å². The van der Waals surface area contributed by atoms with Gasteiger partial charge in [-0.1, -0.05) is 13.8 Å².